The number of nitrogens with zero attached hydrogens (tertiary/aromatic N) is 1. The Morgan fingerprint density at radius 1 is 1.17 bits per heavy atom. The first-order valence-corrected chi connectivity index (χ1v) is 11.3. The first-order valence-electron chi connectivity index (χ1n) is 9.13. The van der Waals surface area contributed by atoms with Gasteiger partial charge in [0.2, 0.25) is 0 Å². The van der Waals surface area contributed by atoms with Gasteiger partial charge in [-0.25, -0.2) is 8.42 Å². The number of amides is 1. The van der Waals surface area contributed by atoms with E-state index < -0.39 is 10.0 Å². The highest BCUT2D eigenvalue weighted by molar-refractivity contribution is 7.89. The van der Waals surface area contributed by atoms with Crippen molar-refractivity contribution in [2.45, 2.75) is 30.2 Å². The molecule has 156 valence electrons. The number of sulfonamides is 1. The van der Waals surface area contributed by atoms with Crippen molar-refractivity contribution in [3.8, 4) is 0 Å². The van der Waals surface area contributed by atoms with E-state index in [1.807, 2.05) is 12.1 Å². The first kappa shape index (κ1) is 22.1. The molecule has 1 fully saturated rings. The van der Waals surface area contributed by atoms with Gasteiger partial charge in [-0.1, -0.05) is 46.2 Å². The van der Waals surface area contributed by atoms with Crippen LogP contribution < -0.4 is 5.32 Å². The Kier molecular flexibility index (Phi) is 6.86. The van der Waals surface area contributed by atoms with Crippen LogP contribution in [0, 0.1) is 5.92 Å². The molecule has 0 spiro atoms. The van der Waals surface area contributed by atoms with Crippen LogP contribution in [-0.4, -0.2) is 33.0 Å². The van der Waals surface area contributed by atoms with E-state index in [9.17, 15) is 13.2 Å². The van der Waals surface area contributed by atoms with Gasteiger partial charge < -0.3 is 5.32 Å². The molecule has 1 aliphatic rings. The Bertz CT molecular complexity index is 992. The second-order valence-corrected chi connectivity index (χ2v) is 9.68. The van der Waals surface area contributed by atoms with Gasteiger partial charge >= 0.3 is 0 Å². The minimum absolute atomic E-state index is 0.0127. The summed E-state index contributed by atoms with van der Waals surface area (Å²) in [6, 6.07) is 11.4. The normalized spacial score (nSPS) is 15.8. The molecular weight excluding hydrogens is 435 g/mol. The fourth-order valence-electron chi connectivity index (χ4n) is 3.22. The van der Waals surface area contributed by atoms with Crippen molar-refractivity contribution in [2.24, 2.45) is 5.92 Å². The van der Waals surface area contributed by atoms with Gasteiger partial charge in [0.15, 0.2) is 0 Å². The Hall–Kier alpha value is -1.64. The summed E-state index contributed by atoms with van der Waals surface area (Å²) in [5, 5.41) is 3.69. The van der Waals surface area contributed by atoms with Crippen LogP contribution >= 0.6 is 23.2 Å². The quantitative estimate of drug-likeness (QED) is 0.624. The molecule has 0 heterocycles. The van der Waals surface area contributed by atoms with Crippen molar-refractivity contribution in [3.63, 3.8) is 0 Å². The Morgan fingerprint density at radius 2 is 1.83 bits per heavy atom. The molecule has 0 radical (unpaired) electrons. The van der Waals surface area contributed by atoms with Crippen molar-refractivity contribution in [2.75, 3.05) is 14.2 Å². The van der Waals surface area contributed by atoms with Crippen LogP contribution in [-0.2, 0) is 14.9 Å². The lowest BCUT2D eigenvalue weighted by Crippen LogP contribution is -2.36. The van der Waals surface area contributed by atoms with Crippen LogP contribution in [0.15, 0.2) is 47.4 Å². The number of hydroxylamine groups is 1. The summed E-state index contributed by atoms with van der Waals surface area (Å²) in [7, 11) is -1.50. The smallest absolute Gasteiger partial charge is 0.266 e. The first-order chi connectivity index (χ1) is 13.7. The second-order valence-electron chi connectivity index (χ2n) is 6.94. The molecule has 2 aromatic rings. The molecule has 0 aromatic heterocycles. The fraction of sp³-hybridized carbons (Fsp3) is 0.350. The maximum atomic E-state index is 12.9. The molecule has 1 unspecified atom stereocenters. The van der Waals surface area contributed by atoms with Crippen LogP contribution in [0.1, 0.15) is 41.2 Å². The van der Waals surface area contributed by atoms with Crippen LogP contribution in [0.4, 0.5) is 0 Å². The summed E-state index contributed by atoms with van der Waals surface area (Å²) in [4.78, 5) is 17.5. The molecule has 1 saturated carbocycles. The third kappa shape index (κ3) is 4.75. The molecule has 6 nitrogen and oxygen atoms in total. The number of carbonyl (C=O) groups is 1. The van der Waals surface area contributed by atoms with E-state index in [0.29, 0.717) is 15.4 Å². The van der Waals surface area contributed by atoms with E-state index in [2.05, 4.69) is 5.32 Å². The lowest BCUT2D eigenvalue weighted by atomic mass is 9.77. The SMILES string of the molecule is CON(C)S(=O)(=O)c1cc(C(=O)NC(c2ccc(Cl)cc2)C2CCC2)ccc1Cl. The number of hydrogen-bond donors (Lipinski definition) is 1. The van der Waals surface area contributed by atoms with Crippen molar-refractivity contribution >= 4 is 39.1 Å². The molecule has 9 heteroatoms. The third-order valence-electron chi connectivity index (χ3n) is 5.20. The highest BCUT2D eigenvalue weighted by Crippen LogP contribution is 2.38. The summed E-state index contributed by atoms with van der Waals surface area (Å²) in [5.41, 5.74) is 1.17. The predicted octanol–water partition coefficient (Wildman–Crippen LogP) is 4.45. The maximum Gasteiger partial charge on any atom is 0.266 e. The zero-order valence-corrected chi connectivity index (χ0v) is 18.4. The molecule has 0 bridgehead atoms. The Labute approximate surface area is 180 Å². The molecular formula is C20H22Cl2N2O4S. The largest absolute Gasteiger partial charge is 0.345 e. The number of carbonyl (C=O) groups excluding carboxylic acids is 1. The fourth-order valence-corrected chi connectivity index (χ4v) is 4.82. The van der Waals surface area contributed by atoms with E-state index >= 15 is 0 Å². The summed E-state index contributed by atoms with van der Waals surface area (Å²) in [6.07, 6.45) is 3.16. The van der Waals surface area contributed by atoms with Gasteiger partial charge in [0.05, 0.1) is 18.2 Å². The van der Waals surface area contributed by atoms with Gasteiger partial charge in [-0.05, 0) is 54.7 Å². The number of hydrogen-bond acceptors (Lipinski definition) is 4. The van der Waals surface area contributed by atoms with E-state index in [1.165, 1.54) is 32.4 Å². The van der Waals surface area contributed by atoms with Gasteiger partial charge in [-0.2, -0.15) is 0 Å². The summed E-state index contributed by atoms with van der Waals surface area (Å²) < 4.78 is 25.8. The number of halogens is 2. The molecule has 1 N–H and O–H groups in total. The van der Waals surface area contributed by atoms with Crippen LogP contribution in [0.3, 0.4) is 0 Å². The topological polar surface area (TPSA) is 75.7 Å². The second kappa shape index (κ2) is 9.02. The Balaban J connectivity index is 1.89. The molecule has 1 aliphatic carbocycles. The van der Waals surface area contributed by atoms with Crippen molar-refractivity contribution in [1.29, 1.82) is 0 Å². The van der Waals surface area contributed by atoms with Gasteiger partial charge in [0.1, 0.15) is 4.90 Å². The van der Waals surface area contributed by atoms with E-state index in [-0.39, 0.29) is 27.4 Å². The molecule has 0 saturated heterocycles. The highest BCUT2D eigenvalue weighted by Gasteiger charge is 2.31. The minimum Gasteiger partial charge on any atom is -0.345 e. The molecule has 29 heavy (non-hydrogen) atoms. The average molecular weight is 457 g/mol. The molecule has 0 aliphatic heterocycles. The highest BCUT2D eigenvalue weighted by atomic mass is 35.5. The van der Waals surface area contributed by atoms with Crippen molar-refractivity contribution < 1.29 is 18.0 Å². The van der Waals surface area contributed by atoms with Crippen molar-refractivity contribution in [3.05, 3.63) is 63.6 Å². The van der Waals surface area contributed by atoms with E-state index in [1.54, 1.807) is 12.1 Å². The minimum atomic E-state index is -3.99. The number of benzene rings is 2. The number of rotatable bonds is 7. The molecule has 1 atom stereocenters. The van der Waals surface area contributed by atoms with Crippen molar-refractivity contribution in [1.82, 2.24) is 9.79 Å². The number of nitrogens with one attached hydrogen (secondary N) is 1. The summed E-state index contributed by atoms with van der Waals surface area (Å²) in [5.74, 6) is -0.0414. The average Bonchev–Trinajstić information content (AvgIpc) is 2.66. The van der Waals surface area contributed by atoms with Gasteiger partial charge in [0.25, 0.3) is 15.9 Å². The molecule has 3 rings (SSSR count). The van der Waals surface area contributed by atoms with Crippen LogP contribution in [0.5, 0.6) is 0 Å². The van der Waals surface area contributed by atoms with Gasteiger partial charge in [0, 0.05) is 17.6 Å². The van der Waals surface area contributed by atoms with Gasteiger partial charge in [-0.3, -0.25) is 9.63 Å². The van der Waals surface area contributed by atoms with E-state index in [4.69, 9.17) is 28.0 Å². The lowest BCUT2D eigenvalue weighted by Gasteiger charge is -2.34. The maximum absolute atomic E-state index is 12.9. The predicted molar refractivity (Wildman–Crippen MR) is 112 cm³/mol. The summed E-state index contributed by atoms with van der Waals surface area (Å²) in [6.45, 7) is 0. The lowest BCUT2D eigenvalue weighted by molar-refractivity contribution is -0.0258. The zero-order valence-electron chi connectivity index (χ0n) is 16.1. The van der Waals surface area contributed by atoms with Gasteiger partial charge in [-0.15, -0.1) is 0 Å². The molecule has 2 aromatic carbocycles. The van der Waals surface area contributed by atoms with Crippen LogP contribution in [0.2, 0.25) is 10.0 Å². The monoisotopic (exact) mass is 456 g/mol. The summed E-state index contributed by atoms with van der Waals surface area (Å²) >= 11 is 12.1. The standard InChI is InChI=1S/C20H22Cl2N2O4S/c1-24(28-2)29(26,27)18-12-15(8-11-17(18)22)20(25)23-19(13-4-3-5-13)14-6-9-16(21)10-7-14/h6-13,19H,3-5H2,1-2H3,(H,23,25). The Morgan fingerprint density at radius 3 is 2.38 bits per heavy atom. The van der Waals surface area contributed by atoms with E-state index in [0.717, 1.165) is 24.8 Å². The third-order valence-corrected chi connectivity index (χ3v) is 7.62. The molecule has 1 amide bonds. The zero-order chi connectivity index (χ0) is 21.2. The van der Waals surface area contributed by atoms with Crippen LogP contribution in [0.25, 0.3) is 0 Å².